The Kier molecular flexibility index (Phi) is 6.29. The van der Waals surface area contributed by atoms with Gasteiger partial charge in [-0.3, -0.25) is 0 Å². The second-order valence-electron chi connectivity index (χ2n) is 3.74. The highest BCUT2D eigenvalue weighted by atomic mass is 16.5. The molecule has 80 valence electrons. The molecule has 0 bridgehead atoms. The van der Waals surface area contributed by atoms with Gasteiger partial charge in [-0.15, -0.1) is 0 Å². The number of rotatable bonds is 7. The van der Waals surface area contributed by atoms with E-state index in [2.05, 4.69) is 19.2 Å². The zero-order valence-electron chi connectivity index (χ0n) is 9.52. The van der Waals surface area contributed by atoms with E-state index in [-0.39, 0.29) is 5.41 Å². The Balaban J connectivity index is 4.29. The summed E-state index contributed by atoms with van der Waals surface area (Å²) in [4.78, 5) is 0. The van der Waals surface area contributed by atoms with Gasteiger partial charge in [0.25, 0.3) is 0 Å². The van der Waals surface area contributed by atoms with E-state index in [0.29, 0.717) is 6.04 Å². The van der Waals surface area contributed by atoms with E-state index >= 15 is 0 Å². The Morgan fingerprint density at radius 2 is 1.92 bits per heavy atom. The van der Waals surface area contributed by atoms with Crippen LogP contribution >= 0.6 is 0 Å². The summed E-state index contributed by atoms with van der Waals surface area (Å²) < 4.78 is 10.4. The molecule has 0 aromatic rings. The fourth-order valence-corrected chi connectivity index (χ4v) is 1.58. The first-order chi connectivity index (χ1) is 6.14. The quantitative estimate of drug-likeness (QED) is 0.654. The Morgan fingerprint density at radius 1 is 1.31 bits per heavy atom. The number of hydrogen-bond acceptors (Lipinski definition) is 3. The number of hydrogen-bond donors (Lipinski definition) is 1. The summed E-state index contributed by atoms with van der Waals surface area (Å²) in [6.45, 7) is 5.89. The molecule has 0 radical (unpaired) electrons. The van der Waals surface area contributed by atoms with E-state index in [1.54, 1.807) is 14.2 Å². The van der Waals surface area contributed by atoms with E-state index in [1.165, 1.54) is 0 Å². The van der Waals surface area contributed by atoms with Crippen LogP contribution in [0.4, 0.5) is 0 Å². The molecule has 3 heteroatoms. The lowest BCUT2D eigenvalue weighted by Gasteiger charge is -2.35. The summed E-state index contributed by atoms with van der Waals surface area (Å²) in [6, 6.07) is 0.349. The molecule has 0 heterocycles. The summed E-state index contributed by atoms with van der Waals surface area (Å²) in [5, 5.41) is 3.27. The van der Waals surface area contributed by atoms with Crippen molar-refractivity contribution in [3.63, 3.8) is 0 Å². The minimum absolute atomic E-state index is 0.152. The zero-order valence-corrected chi connectivity index (χ0v) is 9.52. The molecule has 0 amide bonds. The Hall–Kier alpha value is -0.120. The smallest absolute Gasteiger partial charge is 0.0621 e. The van der Waals surface area contributed by atoms with Gasteiger partial charge in [0, 0.05) is 25.7 Å². The summed E-state index contributed by atoms with van der Waals surface area (Å²) >= 11 is 0. The molecule has 1 N–H and O–H groups in total. The van der Waals surface area contributed by atoms with Crippen LogP contribution < -0.4 is 5.32 Å². The number of methoxy groups -OCH3 is 2. The molecule has 13 heavy (non-hydrogen) atoms. The zero-order chi connectivity index (χ0) is 10.3. The molecule has 0 saturated heterocycles. The SMILES string of the molecule is CCC(C)(COC)C(COC)NC. The minimum Gasteiger partial charge on any atom is -0.384 e. The summed E-state index contributed by atoms with van der Waals surface area (Å²) in [7, 11) is 5.44. The predicted octanol–water partition coefficient (Wildman–Crippen LogP) is 1.28. The molecule has 2 unspecified atom stereocenters. The second kappa shape index (κ2) is 6.35. The maximum Gasteiger partial charge on any atom is 0.0621 e. The van der Waals surface area contributed by atoms with Crippen molar-refractivity contribution in [1.82, 2.24) is 5.32 Å². The lowest BCUT2D eigenvalue weighted by Crippen LogP contribution is -2.47. The first kappa shape index (κ1) is 12.9. The van der Waals surface area contributed by atoms with Crippen molar-refractivity contribution in [2.24, 2.45) is 5.41 Å². The van der Waals surface area contributed by atoms with Gasteiger partial charge in [-0.2, -0.15) is 0 Å². The van der Waals surface area contributed by atoms with Crippen LogP contribution in [0.1, 0.15) is 20.3 Å². The highest BCUT2D eigenvalue weighted by Gasteiger charge is 2.31. The van der Waals surface area contributed by atoms with Crippen molar-refractivity contribution in [3.8, 4) is 0 Å². The third-order valence-electron chi connectivity index (χ3n) is 2.80. The molecule has 0 rings (SSSR count). The first-order valence-electron chi connectivity index (χ1n) is 4.79. The van der Waals surface area contributed by atoms with Gasteiger partial charge in [-0.05, 0) is 13.5 Å². The molecule has 0 aliphatic carbocycles. The molecular formula is C10H23NO2. The summed E-state index contributed by atoms with van der Waals surface area (Å²) in [5.41, 5.74) is 0.152. The molecule has 0 aromatic heterocycles. The van der Waals surface area contributed by atoms with Gasteiger partial charge >= 0.3 is 0 Å². The monoisotopic (exact) mass is 189 g/mol. The van der Waals surface area contributed by atoms with Crippen LogP contribution in [0.3, 0.4) is 0 Å². The van der Waals surface area contributed by atoms with Gasteiger partial charge in [-0.25, -0.2) is 0 Å². The van der Waals surface area contributed by atoms with E-state index < -0.39 is 0 Å². The average molecular weight is 189 g/mol. The third kappa shape index (κ3) is 3.63. The van der Waals surface area contributed by atoms with Crippen LogP contribution in [0.5, 0.6) is 0 Å². The largest absolute Gasteiger partial charge is 0.384 e. The van der Waals surface area contributed by atoms with Gasteiger partial charge in [0.1, 0.15) is 0 Å². The number of likely N-dealkylation sites (N-methyl/N-ethyl adjacent to an activating group) is 1. The van der Waals surface area contributed by atoms with Gasteiger partial charge in [-0.1, -0.05) is 13.8 Å². The normalized spacial score (nSPS) is 18.2. The van der Waals surface area contributed by atoms with E-state index in [4.69, 9.17) is 9.47 Å². The van der Waals surface area contributed by atoms with Crippen molar-refractivity contribution in [1.29, 1.82) is 0 Å². The van der Waals surface area contributed by atoms with Crippen LogP contribution in [0, 0.1) is 5.41 Å². The summed E-state index contributed by atoms with van der Waals surface area (Å²) in [6.07, 6.45) is 1.08. The minimum atomic E-state index is 0.152. The summed E-state index contributed by atoms with van der Waals surface area (Å²) in [5.74, 6) is 0. The average Bonchev–Trinajstić information content (AvgIpc) is 2.14. The molecule has 2 atom stereocenters. The van der Waals surface area contributed by atoms with Crippen molar-refractivity contribution < 1.29 is 9.47 Å². The van der Waals surface area contributed by atoms with Crippen LogP contribution in [-0.4, -0.2) is 40.5 Å². The van der Waals surface area contributed by atoms with Crippen LogP contribution in [0.2, 0.25) is 0 Å². The topological polar surface area (TPSA) is 30.5 Å². The fraction of sp³-hybridized carbons (Fsp3) is 1.00. The highest BCUT2D eigenvalue weighted by Crippen LogP contribution is 2.26. The van der Waals surface area contributed by atoms with Gasteiger partial charge in [0.2, 0.25) is 0 Å². The van der Waals surface area contributed by atoms with Crippen LogP contribution in [0.25, 0.3) is 0 Å². The van der Waals surface area contributed by atoms with Crippen LogP contribution in [0.15, 0.2) is 0 Å². The van der Waals surface area contributed by atoms with Crippen molar-refractivity contribution in [3.05, 3.63) is 0 Å². The van der Waals surface area contributed by atoms with Crippen molar-refractivity contribution in [2.75, 3.05) is 34.5 Å². The molecule has 0 saturated carbocycles. The maximum atomic E-state index is 5.23. The van der Waals surface area contributed by atoms with Crippen LogP contribution in [-0.2, 0) is 9.47 Å². The van der Waals surface area contributed by atoms with Crippen molar-refractivity contribution >= 4 is 0 Å². The lowest BCUT2D eigenvalue weighted by atomic mass is 9.81. The Labute approximate surface area is 81.8 Å². The van der Waals surface area contributed by atoms with E-state index in [1.807, 2.05) is 7.05 Å². The fourth-order valence-electron chi connectivity index (χ4n) is 1.58. The molecular weight excluding hydrogens is 166 g/mol. The highest BCUT2D eigenvalue weighted by molar-refractivity contribution is 4.85. The third-order valence-corrected chi connectivity index (χ3v) is 2.80. The van der Waals surface area contributed by atoms with Gasteiger partial charge in [0.05, 0.1) is 13.2 Å². The Morgan fingerprint density at radius 3 is 2.23 bits per heavy atom. The molecule has 0 aromatic carbocycles. The lowest BCUT2D eigenvalue weighted by molar-refractivity contribution is 0.0285. The first-order valence-corrected chi connectivity index (χ1v) is 4.79. The Bertz CT molecular complexity index is 130. The molecule has 0 aliphatic heterocycles. The maximum absolute atomic E-state index is 5.23. The van der Waals surface area contributed by atoms with Crippen molar-refractivity contribution in [2.45, 2.75) is 26.3 Å². The number of ether oxygens (including phenoxy) is 2. The van der Waals surface area contributed by atoms with E-state index in [0.717, 1.165) is 19.6 Å². The molecule has 0 spiro atoms. The van der Waals surface area contributed by atoms with Gasteiger partial charge in [0.15, 0.2) is 0 Å². The van der Waals surface area contributed by atoms with Gasteiger partial charge < -0.3 is 14.8 Å². The molecule has 3 nitrogen and oxygen atoms in total. The second-order valence-corrected chi connectivity index (χ2v) is 3.74. The molecule has 0 aliphatic rings. The van der Waals surface area contributed by atoms with E-state index in [9.17, 15) is 0 Å². The number of nitrogens with one attached hydrogen (secondary N) is 1. The standard InChI is InChI=1S/C10H23NO2/c1-6-10(2,8-13-5)9(11-3)7-12-4/h9,11H,6-8H2,1-5H3. The molecule has 0 fully saturated rings. The predicted molar refractivity (Wildman–Crippen MR) is 55.0 cm³/mol.